The molecule has 30 heavy (non-hydrogen) atoms. The van der Waals surface area contributed by atoms with Crippen LogP contribution in [0, 0.1) is 11.8 Å². The lowest BCUT2D eigenvalue weighted by Gasteiger charge is -2.47. The second-order valence-electron chi connectivity index (χ2n) is 9.23. The maximum Gasteiger partial charge on any atom is 0.255 e. The van der Waals surface area contributed by atoms with Crippen molar-refractivity contribution >= 4 is 16.9 Å². The number of carbonyl (C=O) groups is 1. The Labute approximate surface area is 177 Å². The summed E-state index contributed by atoms with van der Waals surface area (Å²) in [5, 5.41) is 5.38. The second-order valence-corrected chi connectivity index (χ2v) is 9.23. The summed E-state index contributed by atoms with van der Waals surface area (Å²) >= 11 is 0. The number of furan rings is 1. The number of likely N-dealkylation sites (tertiary alicyclic amines) is 1. The van der Waals surface area contributed by atoms with E-state index in [1.807, 2.05) is 22.9 Å². The van der Waals surface area contributed by atoms with Crippen LogP contribution in [0.25, 0.3) is 22.5 Å². The number of hydrogen-bond donors (Lipinski definition) is 0. The van der Waals surface area contributed by atoms with Gasteiger partial charge in [0, 0.05) is 18.6 Å². The van der Waals surface area contributed by atoms with Gasteiger partial charge in [-0.25, -0.2) is 9.67 Å². The van der Waals surface area contributed by atoms with Gasteiger partial charge in [0.15, 0.2) is 11.4 Å². The van der Waals surface area contributed by atoms with E-state index in [9.17, 15) is 4.79 Å². The molecular formula is C24H30N4O2. The summed E-state index contributed by atoms with van der Waals surface area (Å²) in [6.07, 6.45) is 9.38. The Morgan fingerprint density at radius 2 is 2.07 bits per heavy atom. The lowest BCUT2D eigenvalue weighted by atomic mass is 9.72. The maximum absolute atomic E-state index is 13.9. The third kappa shape index (κ3) is 3.13. The fraction of sp³-hybridized carbons (Fsp3) is 0.542. The van der Waals surface area contributed by atoms with Gasteiger partial charge in [0.2, 0.25) is 0 Å². The number of hydrogen-bond acceptors (Lipinski definition) is 4. The molecule has 0 spiro atoms. The van der Waals surface area contributed by atoms with Crippen LogP contribution in [0.5, 0.6) is 0 Å². The zero-order valence-corrected chi connectivity index (χ0v) is 18.0. The van der Waals surface area contributed by atoms with Crippen molar-refractivity contribution in [3.63, 3.8) is 0 Å². The number of carbonyl (C=O) groups excluding carboxylic acids is 1. The molecule has 0 N–H and O–H groups in total. The molecule has 3 aromatic heterocycles. The molecular weight excluding hydrogens is 376 g/mol. The molecule has 2 aliphatic rings. The van der Waals surface area contributed by atoms with Crippen LogP contribution in [0.4, 0.5) is 0 Å². The largest absolute Gasteiger partial charge is 0.463 e. The second kappa shape index (κ2) is 7.56. The highest BCUT2D eigenvalue weighted by Crippen LogP contribution is 2.40. The van der Waals surface area contributed by atoms with Crippen LogP contribution in [-0.4, -0.2) is 38.2 Å². The first-order valence-electron chi connectivity index (χ1n) is 11.3. The summed E-state index contributed by atoms with van der Waals surface area (Å²) in [7, 11) is 0. The molecule has 6 nitrogen and oxygen atoms in total. The average Bonchev–Trinajstić information content (AvgIpc) is 3.43. The number of fused-ring (bicyclic) bond motifs is 2. The van der Waals surface area contributed by atoms with Crippen molar-refractivity contribution < 1.29 is 9.21 Å². The number of aromatic nitrogens is 3. The molecule has 6 heteroatoms. The van der Waals surface area contributed by atoms with E-state index in [0.717, 1.165) is 30.4 Å². The minimum atomic E-state index is 0.113. The van der Waals surface area contributed by atoms with Gasteiger partial charge in [0.1, 0.15) is 5.69 Å². The van der Waals surface area contributed by atoms with E-state index in [1.54, 1.807) is 12.5 Å². The molecule has 158 valence electrons. The van der Waals surface area contributed by atoms with E-state index in [2.05, 4.69) is 30.8 Å². The van der Waals surface area contributed by atoms with E-state index < -0.39 is 0 Å². The molecule has 0 radical (unpaired) electrons. The zero-order valence-electron chi connectivity index (χ0n) is 18.0. The topological polar surface area (TPSA) is 64.2 Å². The molecule has 0 aromatic carbocycles. The molecule has 3 unspecified atom stereocenters. The highest BCUT2D eigenvalue weighted by Gasteiger charge is 2.40. The molecule has 5 rings (SSSR count). The maximum atomic E-state index is 13.9. The Morgan fingerprint density at radius 3 is 2.83 bits per heavy atom. The zero-order chi connectivity index (χ0) is 20.8. The summed E-state index contributed by atoms with van der Waals surface area (Å²) in [5.41, 5.74) is 2.12. The van der Waals surface area contributed by atoms with Gasteiger partial charge >= 0.3 is 0 Å². The quantitative estimate of drug-likeness (QED) is 0.591. The minimum Gasteiger partial charge on any atom is -0.463 e. The standard InChI is InChI=1S/C24H30N4O2/c1-15(2)28-23-19(14-25-28)18(13-20(26-23)22-9-6-12-30-22)24(29)27-11-10-16(3)17-7-4-5-8-21(17)27/h6,9,12-17,21H,4-5,7-8,10-11H2,1-3H3. The van der Waals surface area contributed by atoms with Gasteiger partial charge in [-0.05, 0) is 63.1 Å². The van der Waals surface area contributed by atoms with Crippen molar-refractivity contribution in [2.75, 3.05) is 6.54 Å². The van der Waals surface area contributed by atoms with Crippen molar-refractivity contribution in [3.8, 4) is 11.5 Å². The summed E-state index contributed by atoms with van der Waals surface area (Å²) in [4.78, 5) is 20.9. The van der Waals surface area contributed by atoms with Crippen LogP contribution in [0.15, 0.2) is 35.1 Å². The number of amides is 1. The fourth-order valence-corrected chi connectivity index (χ4v) is 5.44. The molecule has 1 saturated carbocycles. The minimum absolute atomic E-state index is 0.113. The van der Waals surface area contributed by atoms with E-state index in [1.165, 1.54) is 19.3 Å². The Bertz CT molecular complexity index is 1050. The van der Waals surface area contributed by atoms with Crippen LogP contribution in [0.3, 0.4) is 0 Å². The Hall–Kier alpha value is -2.63. The highest BCUT2D eigenvalue weighted by molar-refractivity contribution is 6.06. The number of nitrogens with zero attached hydrogens (tertiary/aromatic N) is 4. The van der Waals surface area contributed by atoms with Gasteiger partial charge in [-0.3, -0.25) is 4.79 Å². The SMILES string of the molecule is CC1CCN(C(=O)c2cc(-c3ccco3)nc3c2cnn3C(C)C)C2CCCCC12. The molecule has 1 saturated heterocycles. The summed E-state index contributed by atoms with van der Waals surface area (Å²) in [5.74, 6) is 2.10. The molecule has 0 bridgehead atoms. The predicted octanol–water partition coefficient (Wildman–Crippen LogP) is 5.31. The fourth-order valence-electron chi connectivity index (χ4n) is 5.44. The molecule has 1 aliphatic heterocycles. The van der Waals surface area contributed by atoms with E-state index in [4.69, 9.17) is 9.40 Å². The average molecular weight is 407 g/mol. The van der Waals surface area contributed by atoms with Crippen LogP contribution < -0.4 is 0 Å². The first-order chi connectivity index (χ1) is 14.5. The van der Waals surface area contributed by atoms with Crippen LogP contribution in [-0.2, 0) is 0 Å². The predicted molar refractivity (Wildman–Crippen MR) is 116 cm³/mol. The van der Waals surface area contributed by atoms with Gasteiger partial charge in [-0.2, -0.15) is 5.10 Å². The Morgan fingerprint density at radius 1 is 1.23 bits per heavy atom. The molecule has 1 aliphatic carbocycles. The number of rotatable bonds is 3. The molecule has 4 heterocycles. The monoisotopic (exact) mass is 406 g/mol. The first kappa shape index (κ1) is 19.3. The molecule has 3 atom stereocenters. The normalized spacial score (nSPS) is 24.4. The van der Waals surface area contributed by atoms with Crippen molar-refractivity contribution in [2.45, 2.75) is 65.0 Å². The Kier molecular flexibility index (Phi) is 4.88. The van der Waals surface area contributed by atoms with Crippen molar-refractivity contribution in [2.24, 2.45) is 11.8 Å². The molecule has 3 aromatic rings. The van der Waals surface area contributed by atoms with Gasteiger partial charge in [0.25, 0.3) is 5.91 Å². The summed E-state index contributed by atoms with van der Waals surface area (Å²) < 4.78 is 7.50. The van der Waals surface area contributed by atoms with E-state index >= 15 is 0 Å². The summed E-state index contributed by atoms with van der Waals surface area (Å²) in [6, 6.07) is 6.14. The van der Waals surface area contributed by atoms with Crippen LogP contribution in [0.1, 0.15) is 69.3 Å². The van der Waals surface area contributed by atoms with E-state index in [0.29, 0.717) is 34.9 Å². The number of pyridine rings is 1. The van der Waals surface area contributed by atoms with Gasteiger partial charge < -0.3 is 9.32 Å². The first-order valence-corrected chi connectivity index (χ1v) is 11.3. The lowest BCUT2D eigenvalue weighted by Crippen LogP contribution is -2.52. The van der Waals surface area contributed by atoms with Gasteiger partial charge in [-0.1, -0.05) is 19.8 Å². The number of piperidine rings is 1. The van der Waals surface area contributed by atoms with Gasteiger partial charge in [-0.15, -0.1) is 0 Å². The smallest absolute Gasteiger partial charge is 0.255 e. The third-order valence-corrected chi connectivity index (χ3v) is 7.06. The van der Waals surface area contributed by atoms with Crippen molar-refractivity contribution in [3.05, 3.63) is 36.2 Å². The third-order valence-electron chi connectivity index (χ3n) is 7.06. The summed E-state index contributed by atoms with van der Waals surface area (Å²) in [6.45, 7) is 7.35. The van der Waals surface area contributed by atoms with Crippen LogP contribution in [0.2, 0.25) is 0 Å². The van der Waals surface area contributed by atoms with Crippen molar-refractivity contribution in [1.82, 2.24) is 19.7 Å². The lowest BCUT2D eigenvalue weighted by molar-refractivity contribution is 0.0219. The molecule has 1 amide bonds. The van der Waals surface area contributed by atoms with E-state index in [-0.39, 0.29) is 11.9 Å². The van der Waals surface area contributed by atoms with Crippen LogP contribution >= 0.6 is 0 Å². The highest BCUT2D eigenvalue weighted by atomic mass is 16.3. The van der Waals surface area contributed by atoms with Gasteiger partial charge in [0.05, 0.1) is 23.4 Å². The van der Waals surface area contributed by atoms with Crippen molar-refractivity contribution in [1.29, 1.82) is 0 Å². The Balaban J connectivity index is 1.61. The molecule has 2 fully saturated rings.